The minimum atomic E-state index is -0.893. The van der Waals surface area contributed by atoms with Crippen molar-refractivity contribution in [3.63, 3.8) is 0 Å². The van der Waals surface area contributed by atoms with Gasteiger partial charge in [0.25, 0.3) is 0 Å². The lowest BCUT2D eigenvalue weighted by Crippen LogP contribution is -2.46. The standard InChI is InChI=1S/C12H20N2O4/c1-12(2,3)18-10(15)13-8-6-7-4-5-9(8)14(7)11(16)17/h7-9H,4-6H2,1-3H3,(H,13,15)(H,16,17)/t7-,8+,9+/m1/s1. The Labute approximate surface area is 106 Å². The Hall–Kier alpha value is -1.46. The summed E-state index contributed by atoms with van der Waals surface area (Å²) in [6.07, 6.45) is 1.04. The van der Waals surface area contributed by atoms with Gasteiger partial charge < -0.3 is 20.1 Å². The van der Waals surface area contributed by atoms with E-state index >= 15 is 0 Å². The highest BCUT2D eigenvalue weighted by atomic mass is 16.6. The van der Waals surface area contributed by atoms with E-state index in [1.807, 2.05) is 0 Å². The van der Waals surface area contributed by atoms with Gasteiger partial charge in [-0.3, -0.25) is 0 Å². The van der Waals surface area contributed by atoms with Gasteiger partial charge in [-0.2, -0.15) is 0 Å². The van der Waals surface area contributed by atoms with Crippen LogP contribution in [0.1, 0.15) is 40.0 Å². The van der Waals surface area contributed by atoms with Gasteiger partial charge in [-0.25, -0.2) is 9.59 Å². The van der Waals surface area contributed by atoms with Crippen LogP contribution in [0.2, 0.25) is 0 Å². The molecule has 2 amide bonds. The number of nitrogens with one attached hydrogen (secondary N) is 1. The van der Waals surface area contributed by atoms with Crippen molar-refractivity contribution in [2.45, 2.75) is 63.8 Å². The summed E-state index contributed by atoms with van der Waals surface area (Å²) < 4.78 is 5.19. The number of hydrogen-bond acceptors (Lipinski definition) is 3. The Kier molecular flexibility index (Phi) is 3.12. The van der Waals surface area contributed by atoms with E-state index in [-0.39, 0.29) is 18.1 Å². The van der Waals surface area contributed by atoms with Crippen molar-refractivity contribution in [1.82, 2.24) is 10.2 Å². The fourth-order valence-electron chi connectivity index (χ4n) is 2.90. The van der Waals surface area contributed by atoms with E-state index < -0.39 is 17.8 Å². The first-order valence-corrected chi connectivity index (χ1v) is 6.29. The average Bonchev–Trinajstić information content (AvgIpc) is 2.70. The number of amides is 2. The normalized spacial score (nSPS) is 30.4. The van der Waals surface area contributed by atoms with Crippen molar-refractivity contribution >= 4 is 12.2 Å². The van der Waals surface area contributed by atoms with Gasteiger partial charge in [0.15, 0.2) is 0 Å². The Morgan fingerprint density at radius 1 is 1.33 bits per heavy atom. The fraction of sp³-hybridized carbons (Fsp3) is 0.833. The summed E-state index contributed by atoms with van der Waals surface area (Å²) in [4.78, 5) is 24.2. The van der Waals surface area contributed by atoms with Crippen LogP contribution in [0.5, 0.6) is 0 Å². The minimum Gasteiger partial charge on any atom is -0.465 e. The van der Waals surface area contributed by atoms with Gasteiger partial charge in [-0.1, -0.05) is 0 Å². The van der Waals surface area contributed by atoms with Gasteiger partial charge in [0.05, 0.1) is 12.1 Å². The number of hydrogen-bond donors (Lipinski definition) is 2. The molecule has 2 rings (SSSR count). The van der Waals surface area contributed by atoms with Crippen LogP contribution in [0.3, 0.4) is 0 Å². The fourth-order valence-corrected chi connectivity index (χ4v) is 2.90. The molecule has 0 saturated carbocycles. The maximum Gasteiger partial charge on any atom is 0.407 e. The van der Waals surface area contributed by atoms with Crippen molar-refractivity contribution < 1.29 is 19.4 Å². The van der Waals surface area contributed by atoms with Crippen LogP contribution >= 0.6 is 0 Å². The second kappa shape index (κ2) is 4.33. The van der Waals surface area contributed by atoms with Gasteiger partial charge in [-0.05, 0) is 40.0 Å². The molecule has 6 heteroatoms. The van der Waals surface area contributed by atoms with Crippen LogP contribution < -0.4 is 5.32 Å². The maximum absolute atomic E-state index is 11.7. The molecular formula is C12H20N2O4. The molecule has 0 aromatic rings. The first-order chi connectivity index (χ1) is 8.28. The predicted molar refractivity (Wildman–Crippen MR) is 64.4 cm³/mol. The lowest BCUT2D eigenvalue weighted by Gasteiger charge is -2.25. The van der Waals surface area contributed by atoms with Crippen molar-refractivity contribution in [2.75, 3.05) is 0 Å². The average molecular weight is 256 g/mol. The number of fused-ring (bicyclic) bond motifs is 2. The molecule has 0 unspecified atom stereocenters. The van der Waals surface area contributed by atoms with Gasteiger partial charge in [-0.15, -0.1) is 0 Å². The van der Waals surface area contributed by atoms with Crippen molar-refractivity contribution in [2.24, 2.45) is 0 Å². The van der Waals surface area contributed by atoms with Crippen molar-refractivity contribution in [3.05, 3.63) is 0 Å². The monoisotopic (exact) mass is 256 g/mol. The molecule has 2 bridgehead atoms. The van der Waals surface area contributed by atoms with Gasteiger partial charge in [0, 0.05) is 6.04 Å². The molecule has 18 heavy (non-hydrogen) atoms. The molecule has 0 aliphatic carbocycles. The molecule has 2 fully saturated rings. The molecule has 102 valence electrons. The van der Waals surface area contributed by atoms with E-state index in [4.69, 9.17) is 9.84 Å². The van der Waals surface area contributed by atoms with Crippen LogP contribution in [0.15, 0.2) is 0 Å². The Bertz CT molecular complexity index is 364. The Morgan fingerprint density at radius 2 is 2.00 bits per heavy atom. The van der Waals surface area contributed by atoms with Gasteiger partial charge >= 0.3 is 12.2 Å². The molecule has 0 spiro atoms. The smallest absolute Gasteiger partial charge is 0.407 e. The number of alkyl carbamates (subject to hydrolysis) is 1. The zero-order chi connectivity index (χ0) is 13.5. The molecule has 0 radical (unpaired) electrons. The molecule has 0 aromatic heterocycles. The van der Waals surface area contributed by atoms with E-state index in [1.165, 1.54) is 4.90 Å². The van der Waals surface area contributed by atoms with Crippen molar-refractivity contribution in [1.29, 1.82) is 0 Å². The molecule has 0 aromatic carbocycles. The minimum absolute atomic E-state index is 0.0486. The highest BCUT2D eigenvalue weighted by Gasteiger charge is 2.49. The van der Waals surface area contributed by atoms with Crippen LogP contribution in [0.25, 0.3) is 0 Å². The zero-order valence-corrected chi connectivity index (χ0v) is 11.0. The zero-order valence-electron chi connectivity index (χ0n) is 11.0. The molecule has 2 aliphatic rings. The van der Waals surface area contributed by atoms with Crippen LogP contribution in [-0.4, -0.2) is 45.9 Å². The Balaban J connectivity index is 1.93. The summed E-state index contributed by atoms with van der Waals surface area (Å²) in [5.74, 6) is 0. The largest absolute Gasteiger partial charge is 0.465 e. The second-order valence-electron chi connectivity index (χ2n) is 5.98. The van der Waals surface area contributed by atoms with Crippen LogP contribution in [-0.2, 0) is 4.74 Å². The second-order valence-corrected chi connectivity index (χ2v) is 5.98. The summed E-state index contributed by atoms with van der Waals surface area (Å²) in [7, 11) is 0. The SMILES string of the molecule is CC(C)(C)OC(=O)N[C@H]1C[C@H]2CC[C@@H]1N2C(=O)O. The van der Waals surface area contributed by atoms with E-state index in [1.54, 1.807) is 20.8 Å². The summed E-state index contributed by atoms with van der Waals surface area (Å²) in [5.41, 5.74) is -0.534. The molecule has 2 N–H and O–H groups in total. The molecule has 2 aliphatic heterocycles. The maximum atomic E-state index is 11.7. The van der Waals surface area contributed by atoms with Crippen LogP contribution in [0.4, 0.5) is 9.59 Å². The summed E-state index contributed by atoms with van der Waals surface area (Å²) in [6, 6.07) is -0.165. The number of rotatable bonds is 1. The topological polar surface area (TPSA) is 78.9 Å². The number of carboxylic acid groups (broad SMARTS) is 1. The summed E-state index contributed by atoms with van der Waals surface area (Å²) in [6.45, 7) is 5.41. The third kappa shape index (κ3) is 2.52. The summed E-state index contributed by atoms with van der Waals surface area (Å²) >= 11 is 0. The molecule has 3 atom stereocenters. The molecule has 6 nitrogen and oxygen atoms in total. The lowest BCUT2D eigenvalue weighted by molar-refractivity contribution is 0.0490. The van der Waals surface area contributed by atoms with E-state index in [0.717, 1.165) is 12.8 Å². The highest BCUT2D eigenvalue weighted by Crippen LogP contribution is 2.37. The number of ether oxygens (including phenoxy) is 1. The number of nitrogens with zero attached hydrogens (tertiary/aromatic N) is 1. The summed E-state index contributed by atoms with van der Waals surface area (Å²) in [5, 5.41) is 11.9. The number of carbonyl (C=O) groups excluding carboxylic acids is 1. The van der Waals surface area contributed by atoms with Gasteiger partial charge in [0.1, 0.15) is 5.60 Å². The highest BCUT2D eigenvalue weighted by molar-refractivity contribution is 5.70. The Morgan fingerprint density at radius 3 is 2.50 bits per heavy atom. The first kappa shape index (κ1) is 13.0. The first-order valence-electron chi connectivity index (χ1n) is 6.29. The van der Waals surface area contributed by atoms with E-state index in [0.29, 0.717) is 6.42 Å². The van der Waals surface area contributed by atoms with Crippen LogP contribution in [0, 0.1) is 0 Å². The third-order valence-corrected chi connectivity index (χ3v) is 3.46. The molecular weight excluding hydrogens is 236 g/mol. The van der Waals surface area contributed by atoms with Gasteiger partial charge in [0.2, 0.25) is 0 Å². The van der Waals surface area contributed by atoms with Crippen molar-refractivity contribution in [3.8, 4) is 0 Å². The third-order valence-electron chi connectivity index (χ3n) is 3.46. The predicted octanol–water partition coefficient (Wildman–Crippen LogP) is 1.79. The van der Waals surface area contributed by atoms with E-state index in [9.17, 15) is 9.59 Å². The lowest BCUT2D eigenvalue weighted by atomic mass is 9.96. The van der Waals surface area contributed by atoms with E-state index in [2.05, 4.69) is 5.32 Å². The number of carbonyl (C=O) groups is 2. The quantitative estimate of drug-likeness (QED) is 0.749. The molecule has 2 heterocycles. The molecule has 2 saturated heterocycles.